The van der Waals surface area contributed by atoms with E-state index in [1.165, 1.54) is 40.5 Å². The summed E-state index contributed by atoms with van der Waals surface area (Å²) in [5.74, 6) is -1.25. The number of hydrogen-bond acceptors (Lipinski definition) is 5. The van der Waals surface area contributed by atoms with Gasteiger partial charge in [-0.2, -0.15) is 0 Å². The van der Waals surface area contributed by atoms with E-state index in [2.05, 4.69) is 15.5 Å². The largest absolute Gasteiger partial charge is 0.312 e. The third-order valence-corrected chi connectivity index (χ3v) is 5.20. The van der Waals surface area contributed by atoms with E-state index >= 15 is 0 Å². The molecule has 1 aliphatic heterocycles. The van der Waals surface area contributed by atoms with E-state index in [1.54, 1.807) is 0 Å². The van der Waals surface area contributed by atoms with Crippen LogP contribution in [0.15, 0.2) is 24.3 Å². The summed E-state index contributed by atoms with van der Waals surface area (Å²) in [4.78, 5) is 26.1. The fourth-order valence-corrected chi connectivity index (χ4v) is 3.34. The van der Waals surface area contributed by atoms with Crippen molar-refractivity contribution in [1.29, 1.82) is 0 Å². The highest BCUT2D eigenvalue weighted by Crippen LogP contribution is 2.29. The smallest absolute Gasteiger partial charge is 0.231 e. The van der Waals surface area contributed by atoms with Gasteiger partial charge in [-0.25, -0.2) is 4.39 Å². The summed E-state index contributed by atoms with van der Waals surface area (Å²) >= 11 is 1.33. The molecule has 3 rings (SSSR count). The lowest BCUT2D eigenvalue weighted by atomic mass is 9.98. The minimum atomic E-state index is -0.473. The molecular formula is C17H19FN4O2S. The molecule has 6 nitrogen and oxygen atoms in total. The Balaban J connectivity index is 1.66. The van der Waals surface area contributed by atoms with E-state index in [4.69, 9.17) is 0 Å². The number of anilines is 2. The molecule has 1 aromatic heterocycles. The van der Waals surface area contributed by atoms with Crippen LogP contribution >= 0.6 is 11.3 Å². The van der Waals surface area contributed by atoms with Gasteiger partial charge in [-0.3, -0.25) is 9.59 Å². The molecule has 1 saturated heterocycles. The van der Waals surface area contributed by atoms with Crippen molar-refractivity contribution in [3.05, 3.63) is 35.1 Å². The first-order chi connectivity index (χ1) is 11.7. The van der Waals surface area contributed by atoms with Crippen molar-refractivity contribution in [2.75, 3.05) is 16.8 Å². The molecule has 2 aromatic rings. The normalized spacial score (nSPS) is 17.8. The molecule has 0 bridgehead atoms. The molecule has 25 heavy (non-hydrogen) atoms. The summed E-state index contributed by atoms with van der Waals surface area (Å²) in [6.07, 6.45) is 0.119. The molecule has 1 aromatic carbocycles. The number of aromatic nitrogens is 2. The molecule has 0 spiro atoms. The minimum Gasteiger partial charge on any atom is -0.312 e. The maximum Gasteiger partial charge on any atom is 0.231 e. The van der Waals surface area contributed by atoms with Gasteiger partial charge in [-0.15, -0.1) is 10.2 Å². The number of halogens is 1. The Kier molecular flexibility index (Phi) is 4.55. The number of nitrogens with one attached hydrogen (secondary N) is 1. The predicted molar refractivity (Wildman–Crippen MR) is 94.1 cm³/mol. The molecule has 0 aliphatic carbocycles. The maximum atomic E-state index is 13.0. The van der Waals surface area contributed by atoms with Crippen molar-refractivity contribution in [2.24, 2.45) is 5.92 Å². The Morgan fingerprint density at radius 1 is 1.28 bits per heavy atom. The van der Waals surface area contributed by atoms with E-state index in [1.807, 2.05) is 20.8 Å². The first-order valence-corrected chi connectivity index (χ1v) is 8.76. The van der Waals surface area contributed by atoms with Gasteiger partial charge >= 0.3 is 0 Å². The summed E-state index contributed by atoms with van der Waals surface area (Å²) in [7, 11) is 0. The monoisotopic (exact) mass is 362 g/mol. The first kappa shape index (κ1) is 17.5. The Labute approximate surface area is 149 Å². The van der Waals surface area contributed by atoms with Crippen molar-refractivity contribution in [3.8, 4) is 0 Å². The molecule has 0 saturated carbocycles. The van der Waals surface area contributed by atoms with Crippen LogP contribution in [-0.4, -0.2) is 28.6 Å². The molecule has 1 atom stereocenters. The van der Waals surface area contributed by atoms with Crippen LogP contribution in [0.1, 0.15) is 32.2 Å². The third-order valence-electron chi connectivity index (χ3n) is 3.93. The molecule has 0 unspecified atom stereocenters. The minimum absolute atomic E-state index is 0.119. The van der Waals surface area contributed by atoms with Gasteiger partial charge in [0.15, 0.2) is 0 Å². The second-order valence-electron chi connectivity index (χ2n) is 7.03. The van der Waals surface area contributed by atoms with Crippen molar-refractivity contribution in [3.63, 3.8) is 0 Å². The van der Waals surface area contributed by atoms with Crippen molar-refractivity contribution < 1.29 is 14.0 Å². The number of nitrogens with zero attached hydrogens (tertiary/aromatic N) is 3. The summed E-state index contributed by atoms with van der Waals surface area (Å²) < 4.78 is 13.0. The van der Waals surface area contributed by atoms with Crippen LogP contribution in [0, 0.1) is 11.7 Å². The van der Waals surface area contributed by atoms with Gasteiger partial charge in [0.25, 0.3) is 0 Å². The van der Waals surface area contributed by atoms with Crippen LogP contribution in [-0.2, 0) is 15.0 Å². The molecule has 0 radical (unpaired) electrons. The van der Waals surface area contributed by atoms with E-state index < -0.39 is 5.92 Å². The van der Waals surface area contributed by atoms with Crippen LogP contribution < -0.4 is 10.2 Å². The number of carbonyl (C=O) groups excluding carboxylic acids is 2. The van der Waals surface area contributed by atoms with Crippen LogP contribution in [0.4, 0.5) is 15.2 Å². The zero-order valence-corrected chi connectivity index (χ0v) is 15.1. The van der Waals surface area contributed by atoms with Gasteiger partial charge in [0.05, 0.1) is 5.92 Å². The Hall–Kier alpha value is -2.35. The molecule has 1 fully saturated rings. The van der Waals surface area contributed by atoms with Gasteiger partial charge in [-0.05, 0) is 24.3 Å². The molecule has 8 heteroatoms. The second-order valence-corrected chi connectivity index (χ2v) is 8.01. The number of carbonyl (C=O) groups is 2. The predicted octanol–water partition coefficient (Wildman–Crippen LogP) is 2.97. The van der Waals surface area contributed by atoms with Crippen molar-refractivity contribution in [2.45, 2.75) is 32.6 Å². The highest BCUT2D eigenvalue weighted by atomic mass is 32.1. The number of rotatable bonds is 3. The van der Waals surface area contributed by atoms with Crippen LogP contribution in [0.25, 0.3) is 0 Å². The molecule has 2 amide bonds. The van der Waals surface area contributed by atoms with Gasteiger partial charge in [0.1, 0.15) is 10.8 Å². The Bertz CT molecular complexity index is 798. The highest BCUT2D eigenvalue weighted by Gasteiger charge is 2.35. The first-order valence-electron chi connectivity index (χ1n) is 7.95. The Morgan fingerprint density at radius 2 is 1.96 bits per heavy atom. The SMILES string of the molecule is CC(C)(C)c1nnc(NC(=O)[C@@H]2CC(=O)N(c3ccc(F)cc3)C2)s1. The maximum absolute atomic E-state index is 13.0. The summed E-state index contributed by atoms with van der Waals surface area (Å²) in [5, 5.41) is 12.1. The number of amides is 2. The zero-order chi connectivity index (χ0) is 18.2. The summed E-state index contributed by atoms with van der Waals surface area (Å²) in [6, 6.07) is 5.66. The fraction of sp³-hybridized carbons (Fsp3) is 0.412. The lowest BCUT2D eigenvalue weighted by molar-refractivity contribution is -0.122. The number of benzene rings is 1. The molecule has 2 heterocycles. The fourth-order valence-electron chi connectivity index (χ4n) is 2.54. The molecular weight excluding hydrogens is 343 g/mol. The average molecular weight is 362 g/mol. The van der Waals surface area contributed by atoms with Gasteiger partial charge in [0.2, 0.25) is 16.9 Å². The third kappa shape index (κ3) is 3.84. The van der Waals surface area contributed by atoms with E-state index in [0.717, 1.165) is 5.01 Å². The van der Waals surface area contributed by atoms with Gasteiger partial charge in [-0.1, -0.05) is 32.1 Å². The lowest BCUT2D eigenvalue weighted by Gasteiger charge is -2.16. The van der Waals surface area contributed by atoms with E-state index in [-0.39, 0.29) is 36.0 Å². The molecule has 1 aliphatic rings. The van der Waals surface area contributed by atoms with Crippen LogP contribution in [0.3, 0.4) is 0 Å². The Morgan fingerprint density at radius 3 is 2.56 bits per heavy atom. The molecule has 1 N–H and O–H groups in total. The quantitative estimate of drug-likeness (QED) is 0.911. The lowest BCUT2D eigenvalue weighted by Crippen LogP contribution is -2.28. The molecule has 132 valence electrons. The number of hydrogen-bond donors (Lipinski definition) is 1. The van der Waals surface area contributed by atoms with Crippen LogP contribution in [0.2, 0.25) is 0 Å². The van der Waals surface area contributed by atoms with Crippen LogP contribution in [0.5, 0.6) is 0 Å². The average Bonchev–Trinajstić information content (AvgIpc) is 3.15. The standard InChI is InChI=1S/C17H19FN4O2S/c1-17(2,3)15-20-21-16(25-15)19-14(24)10-8-13(23)22(9-10)12-6-4-11(18)5-7-12/h4-7,10H,8-9H2,1-3H3,(H,19,21,24)/t10-/m1/s1. The van der Waals surface area contributed by atoms with Crippen molar-refractivity contribution in [1.82, 2.24) is 10.2 Å². The highest BCUT2D eigenvalue weighted by molar-refractivity contribution is 7.15. The van der Waals surface area contributed by atoms with E-state index in [0.29, 0.717) is 10.8 Å². The topological polar surface area (TPSA) is 75.2 Å². The van der Waals surface area contributed by atoms with Gasteiger partial charge < -0.3 is 10.2 Å². The van der Waals surface area contributed by atoms with Crippen molar-refractivity contribution >= 4 is 34.0 Å². The summed E-state index contributed by atoms with van der Waals surface area (Å²) in [6.45, 7) is 6.33. The second kappa shape index (κ2) is 6.51. The van der Waals surface area contributed by atoms with Gasteiger partial charge in [0, 0.05) is 24.1 Å². The van der Waals surface area contributed by atoms with E-state index in [9.17, 15) is 14.0 Å². The zero-order valence-electron chi connectivity index (χ0n) is 14.2. The summed E-state index contributed by atoms with van der Waals surface area (Å²) in [5.41, 5.74) is 0.455.